The smallest absolute Gasteiger partial charge is 0.177 e. The van der Waals surface area contributed by atoms with Crippen molar-refractivity contribution < 1.29 is 14.6 Å². The second-order valence-electron chi connectivity index (χ2n) is 8.12. The number of pyridine rings is 1. The highest BCUT2D eigenvalue weighted by molar-refractivity contribution is 9.14. The van der Waals surface area contributed by atoms with E-state index in [4.69, 9.17) is 9.47 Å². The van der Waals surface area contributed by atoms with Crippen molar-refractivity contribution in [3.63, 3.8) is 0 Å². The number of aliphatic hydroxyl groups is 1. The standard InChI is InChI=1S/C21H24Br3N3O3/c1-21(2)11-13-16(22)17(23)18(24)20(19(13)30-21)29-12-15(28)27-9-7-26(8-10-27)14-5-3-4-6-25-14/h3-6,15,28H,7-12H2,1-2H3. The van der Waals surface area contributed by atoms with E-state index in [-0.39, 0.29) is 12.2 Å². The number of benzene rings is 1. The van der Waals surface area contributed by atoms with Gasteiger partial charge < -0.3 is 19.5 Å². The molecule has 2 aromatic rings. The predicted octanol–water partition coefficient (Wildman–Crippen LogP) is 4.60. The number of aromatic nitrogens is 1. The topological polar surface area (TPSA) is 58.1 Å². The molecular formula is C21H24Br3N3O3. The Morgan fingerprint density at radius 3 is 2.53 bits per heavy atom. The molecule has 1 aromatic carbocycles. The third-order valence-corrected chi connectivity index (χ3v) is 8.89. The molecule has 0 bridgehead atoms. The Morgan fingerprint density at radius 1 is 1.13 bits per heavy atom. The zero-order valence-electron chi connectivity index (χ0n) is 16.9. The first-order chi connectivity index (χ1) is 14.3. The molecule has 2 aliphatic rings. The number of fused-ring (bicyclic) bond motifs is 1. The van der Waals surface area contributed by atoms with Crippen molar-refractivity contribution in [2.45, 2.75) is 32.1 Å². The number of anilines is 1. The maximum absolute atomic E-state index is 10.7. The molecule has 1 N–H and O–H groups in total. The molecule has 4 rings (SSSR count). The number of hydrogen-bond donors (Lipinski definition) is 1. The molecule has 1 aromatic heterocycles. The largest absolute Gasteiger partial charge is 0.484 e. The molecule has 1 fully saturated rings. The summed E-state index contributed by atoms with van der Waals surface area (Å²) < 4.78 is 14.9. The third kappa shape index (κ3) is 4.50. The normalized spacial score (nSPS) is 19.3. The Bertz CT molecular complexity index is 919. The fraction of sp³-hybridized carbons (Fsp3) is 0.476. The predicted molar refractivity (Wildman–Crippen MR) is 127 cm³/mol. The molecule has 0 spiro atoms. The summed E-state index contributed by atoms with van der Waals surface area (Å²) >= 11 is 10.9. The third-order valence-electron chi connectivity index (χ3n) is 5.40. The minimum absolute atomic E-state index is 0.159. The van der Waals surface area contributed by atoms with Gasteiger partial charge in [-0.05, 0) is 73.8 Å². The van der Waals surface area contributed by atoms with Crippen LogP contribution in [0.2, 0.25) is 0 Å². The summed E-state index contributed by atoms with van der Waals surface area (Å²) in [7, 11) is 0. The van der Waals surface area contributed by atoms with Crippen LogP contribution in [0.15, 0.2) is 37.8 Å². The first-order valence-electron chi connectivity index (χ1n) is 9.86. The van der Waals surface area contributed by atoms with Gasteiger partial charge in [-0.1, -0.05) is 6.07 Å². The molecule has 162 valence electrons. The van der Waals surface area contributed by atoms with Gasteiger partial charge in [-0.25, -0.2) is 4.98 Å². The summed E-state index contributed by atoms with van der Waals surface area (Å²) in [6, 6.07) is 5.93. The number of halogens is 3. The van der Waals surface area contributed by atoms with Crippen molar-refractivity contribution in [2.75, 3.05) is 37.7 Å². The highest BCUT2D eigenvalue weighted by Crippen LogP contribution is 2.53. The van der Waals surface area contributed by atoms with Crippen molar-refractivity contribution >= 4 is 53.6 Å². The minimum atomic E-state index is -0.699. The van der Waals surface area contributed by atoms with Gasteiger partial charge in [0.25, 0.3) is 0 Å². The highest BCUT2D eigenvalue weighted by Gasteiger charge is 2.37. The van der Waals surface area contributed by atoms with Crippen LogP contribution in [-0.2, 0) is 6.42 Å². The number of nitrogens with zero attached hydrogens (tertiary/aromatic N) is 3. The van der Waals surface area contributed by atoms with E-state index in [0.717, 1.165) is 63.1 Å². The molecule has 30 heavy (non-hydrogen) atoms. The monoisotopic (exact) mass is 603 g/mol. The van der Waals surface area contributed by atoms with Gasteiger partial charge in [0.15, 0.2) is 11.5 Å². The molecule has 2 aliphatic heterocycles. The molecule has 1 saturated heterocycles. The number of hydrogen-bond acceptors (Lipinski definition) is 6. The summed E-state index contributed by atoms with van der Waals surface area (Å²) in [5.41, 5.74) is 0.771. The quantitative estimate of drug-likeness (QED) is 0.503. The van der Waals surface area contributed by atoms with E-state index in [2.05, 4.69) is 71.5 Å². The van der Waals surface area contributed by atoms with E-state index in [9.17, 15) is 5.11 Å². The van der Waals surface area contributed by atoms with E-state index in [0.29, 0.717) is 5.75 Å². The minimum Gasteiger partial charge on any atom is -0.484 e. The van der Waals surface area contributed by atoms with Gasteiger partial charge in [0, 0.05) is 48.8 Å². The van der Waals surface area contributed by atoms with Gasteiger partial charge in [0.05, 0.1) is 8.95 Å². The van der Waals surface area contributed by atoms with E-state index >= 15 is 0 Å². The zero-order chi connectivity index (χ0) is 21.5. The lowest BCUT2D eigenvalue weighted by Crippen LogP contribution is -2.52. The van der Waals surface area contributed by atoms with Crippen molar-refractivity contribution in [3.8, 4) is 11.5 Å². The molecule has 1 unspecified atom stereocenters. The second kappa shape index (κ2) is 8.94. The van der Waals surface area contributed by atoms with Crippen LogP contribution in [0.4, 0.5) is 5.82 Å². The molecule has 6 nitrogen and oxygen atoms in total. The van der Waals surface area contributed by atoms with Crippen LogP contribution in [0.3, 0.4) is 0 Å². The Balaban J connectivity index is 1.41. The zero-order valence-corrected chi connectivity index (χ0v) is 21.6. The summed E-state index contributed by atoms with van der Waals surface area (Å²) in [4.78, 5) is 8.68. The van der Waals surface area contributed by atoms with Gasteiger partial charge in [0.1, 0.15) is 24.3 Å². The molecule has 0 saturated carbocycles. The van der Waals surface area contributed by atoms with E-state index in [1.54, 1.807) is 6.20 Å². The first kappa shape index (κ1) is 22.3. The molecule has 1 atom stereocenters. The second-order valence-corrected chi connectivity index (χ2v) is 10.5. The number of piperazine rings is 1. The van der Waals surface area contributed by atoms with Crippen LogP contribution >= 0.6 is 47.8 Å². The van der Waals surface area contributed by atoms with Crippen molar-refractivity contribution in [2.24, 2.45) is 0 Å². The van der Waals surface area contributed by atoms with Gasteiger partial charge in [-0.15, -0.1) is 0 Å². The van der Waals surface area contributed by atoms with Gasteiger partial charge in [-0.3, -0.25) is 4.90 Å². The van der Waals surface area contributed by atoms with E-state index in [1.807, 2.05) is 23.1 Å². The van der Waals surface area contributed by atoms with E-state index < -0.39 is 6.23 Å². The van der Waals surface area contributed by atoms with Crippen LogP contribution in [0.5, 0.6) is 11.5 Å². The van der Waals surface area contributed by atoms with E-state index in [1.165, 1.54) is 0 Å². The maximum Gasteiger partial charge on any atom is 0.177 e. The fourth-order valence-corrected chi connectivity index (χ4v) is 5.55. The Hall–Kier alpha value is -0.870. The van der Waals surface area contributed by atoms with Gasteiger partial charge >= 0.3 is 0 Å². The summed E-state index contributed by atoms with van der Waals surface area (Å²) in [5.74, 6) is 2.33. The lowest BCUT2D eigenvalue weighted by atomic mass is 10.0. The van der Waals surface area contributed by atoms with Crippen LogP contribution in [0.25, 0.3) is 0 Å². The molecule has 0 radical (unpaired) electrons. The van der Waals surface area contributed by atoms with Crippen molar-refractivity contribution in [1.82, 2.24) is 9.88 Å². The lowest BCUT2D eigenvalue weighted by Gasteiger charge is -2.37. The van der Waals surface area contributed by atoms with Crippen LogP contribution in [0, 0.1) is 0 Å². The summed E-state index contributed by atoms with van der Waals surface area (Å²) in [6.07, 6.45) is 1.89. The molecule has 3 heterocycles. The Kier molecular flexibility index (Phi) is 6.65. The number of aliphatic hydroxyl groups excluding tert-OH is 1. The molecular weight excluding hydrogens is 582 g/mol. The molecule has 9 heteroatoms. The Morgan fingerprint density at radius 2 is 1.87 bits per heavy atom. The summed E-state index contributed by atoms with van der Waals surface area (Å²) in [6.45, 7) is 7.39. The SMILES string of the molecule is CC1(C)Cc2c(Br)c(Br)c(Br)c(OCC(O)N3CCN(c4ccccn4)CC3)c2O1. The number of rotatable bonds is 5. The fourth-order valence-electron chi connectivity index (χ4n) is 3.85. The highest BCUT2D eigenvalue weighted by atomic mass is 79.9. The lowest BCUT2D eigenvalue weighted by molar-refractivity contribution is -0.0311. The van der Waals surface area contributed by atoms with Crippen LogP contribution < -0.4 is 14.4 Å². The molecule has 0 amide bonds. The van der Waals surface area contributed by atoms with Gasteiger partial charge in [-0.2, -0.15) is 0 Å². The number of ether oxygens (including phenoxy) is 2. The van der Waals surface area contributed by atoms with Crippen molar-refractivity contribution in [3.05, 3.63) is 43.4 Å². The average Bonchev–Trinajstić information content (AvgIpc) is 3.08. The average molecular weight is 606 g/mol. The first-order valence-corrected chi connectivity index (χ1v) is 12.2. The maximum atomic E-state index is 10.7. The molecule has 0 aliphatic carbocycles. The van der Waals surface area contributed by atoms with Crippen molar-refractivity contribution in [1.29, 1.82) is 0 Å². The van der Waals surface area contributed by atoms with Crippen LogP contribution in [0.1, 0.15) is 19.4 Å². The van der Waals surface area contributed by atoms with Crippen LogP contribution in [-0.4, -0.2) is 59.6 Å². The van der Waals surface area contributed by atoms with Gasteiger partial charge in [0.2, 0.25) is 0 Å². The Labute approximate surface area is 201 Å². The summed E-state index contributed by atoms with van der Waals surface area (Å²) in [5, 5.41) is 10.7.